The molecule has 0 aliphatic rings. The quantitative estimate of drug-likeness (QED) is 0.593. The van der Waals surface area contributed by atoms with E-state index in [-0.39, 0.29) is 0 Å². The van der Waals surface area contributed by atoms with E-state index in [4.69, 9.17) is 0 Å². The summed E-state index contributed by atoms with van der Waals surface area (Å²) in [5, 5.41) is 6.63. The molecule has 112 valence electrons. The Balaban J connectivity index is 2.45. The summed E-state index contributed by atoms with van der Waals surface area (Å²) in [6, 6.07) is 8.64. The van der Waals surface area contributed by atoms with Crippen molar-refractivity contribution in [3.63, 3.8) is 0 Å². The van der Waals surface area contributed by atoms with E-state index < -0.39 is 0 Å². The van der Waals surface area contributed by atoms with Crippen LogP contribution < -0.4 is 15.5 Å². The maximum Gasteiger partial charge on any atom is 0.191 e. The van der Waals surface area contributed by atoms with Crippen molar-refractivity contribution >= 4 is 11.6 Å². The second-order valence-corrected chi connectivity index (χ2v) is 4.84. The third-order valence-electron chi connectivity index (χ3n) is 3.19. The highest BCUT2D eigenvalue weighted by Crippen LogP contribution is 2.14. The van der Waals surface area contributed by atoms with Crippen LogP contribution in [0.3, 0.4) is 0 Å². The summed E-state index contributed by atoms with van der Waals surface area (Å²) in [7, 11) is 1.81. The van der Waals surface area contributed by atoms with E-state index in [2.05, 4.69) is 65.6 Å². The van der Waals surface area contributed by atoms with Gasteiger partial charge in [-0.1, -0.05) is 19.1 Å². The lowest BCUT2D eigenvalue weighted by molar-refractivity contribution is 0.742. The van der Waals surface area contributed by atoms with Crippen LogP contribution in [0.5, 0.6) is 0 Å². The summed E-state index contributed by atoms with van der Waals surface area (Å²) < 4.78 is 0. The van der Waals surface area contributed by atoms with Crippen molar-refractivity contribution < 1.29 is 0 Å². The Morgan fingerprint density at radius 3 is 2.55 bits per heavy atom. The Morgan fingerprint density at radius 2 is 1.95 bits per heavy atom. The molecule has 0 unspecified atom stereocenters. The Kier molecular flexibility index (Phi) is 7.55. The molecule has 1 aromatic carbocycles. The van der Waals surface area contributed by atoms with E-state index in [0.717, 1.165) is 38.6 Å². The van der Waals surface area contributed by atoms with E-state index in [0.29, 0.717) is 0 Å². The largest absolute Gasteiger partial charge is 0.370 e. The Hall–Kier alpha value is -1.71. The number of nitrogens with one attached hydrogen (secondary N) is 2. The number of hydrogen-bond donors (Lipinski definition) is 2. The van der Waals surface area contributed by atoms with Crippen molar-refractivity contribution in [2.75, 3.05) is 38.1 Å². The molecule has 2 N–H and O–H groups in total. The lowest BCUT2D eigenvalue weighted by Gasteiger charge is -2.24. The van der Waals surface area contributed by atoms with Crippen LogP contribution in [0.25, 0.3) is 0 Å². The molecular formula is C16H28N4. The standard InChI is InChI=1S/C16H28N4/c1-5-10-18-16(17-4)19-11-12-20(6-2)15-9-7-8-14(3)13-15/h7-9,13H,5-6,10-12H2,1-4H3,(H2,17,18,19). The number of rotatable bonds is 7. The molecule has 0 aromatic heterocycles. The number of aryl methyl sites for hydroxylation is 1. The fourth-order valence-electron chi connectivity index (χ4n) is 2.07. The zero-order chi connectivity index (χ0) is 14.8. The fourth-order valence-corrected chi connectivity index (χ4v) is 2.07. The predicted octanol–water partition coefficient (Wildman–Crippen LogP) is 2.40. The van der Waals surface area contributed by atoms with E-state index in [9.17, 15) is 0 Å². The molecule has 0 bridgehead atoms. The highest BCUT2D eigenvalue weighted by Gasteiger charge is 2.04. The van der Waals surface area contributed by atoms with Gasteiger partial charge in [-0.2, -0.15) is 0 Å². The van der Waals surface area contributed by atoms with Crippen LogP contribution in [0.4, 0.5) is 5.69 Å². The molecule has 0 aliphatic heterocycles. The van der Waals surface area contributed by atoms with Crippen molar-refractivity contribution in [3.8, 4) is 0 Å². The summed E-state index contributed by atoms with van der Waals surface area (Å²) >= 11 is 0. The first-order valence-electron chi connectivity index (χ1n) is 7.47. The average Bonchev–Trinajstić information content (AvgIpc) is 2.46. The Bertz CT molecular complexity index is 415. The van der Waals surface area contributed by atoms with Gasteiger partial charge in [-0.15, -0.1) is 0 Å². The number of aliphatic imine (C=N–C) groups is 1. The maximum atomic E-state index is 4.21. The topological polar surface area (TPSA) is 39.7 Å². The zero-order valence-corrected chi connectivity index (χ0v) is 13.2. The van der Waals surface area contributed by atoms with E-state index >= 15 is 0 Å². The minimum atomic E-state index is 0.880. The normalized spacial score (nSPS) is 11.3. The highest BCUT2D eigenvalue weighted by atomic mass is 15.2. The van der Waals surface area contributed by atoms with Gasteiger partial charge in [-0.25, -0.2) is 0 Å². The minimum Gasteiger partial charge on any atom is -0.370 e. The van der Waals surface area contributed by atoms with Crippen LogP contribution in [0, 0.1) is 6.92 Å². The van der Waals surface area contributed by atoms with Crippen LogP contribution in [-0.4, -0.2) is 39.2 Å². The number of anilines is 1. The van der Waals surface area contributed by atoms with Crippen LogP contribution in [0.1, 0.15) is 25.8 Å². The van der Waals surface area contributed by atoms with Gasteiger partial charge in [-0.3, -0.25) is 4.99 Å². The van der Waals surface area contributed by atoms with E-state index in [1.807, 2.05) is 7.05 Å². The first kappa shape index (κ1) is 16.3. The molecule has 0 aliphatic carbocycles. The van der Waals surface area contributed by atoms with Gasteiger partial charge < -0.3 is 15.5 Å². The second-order valence-electron chi connectivity index (χ2n) is 4.84. The molecule has 4 nitrogen and oxygen atoms in total. The first-order valence-corrected chi connectivity index (χ1v) is 7.47. The lowest BCUT2D eigenvalue weighted by atomic mass is 10.2. The van der Waals surface area contributed by atoms with Gasteiger partial charge >= 0.3 is 0 Å². The Labute approximate surface area is 123 Å². The summed E-state index contributed by atoms with van der Waals surface area (Å²) in [6.07, 6.45) is 1.10. The van der Waals surface area contributed by atoms with Crippen molar-refractivity contribution in [2.45, 2.75) is 27.2 Å². The van der Waals surface area contributed by atoms with Gasteiger partial charge in [-0.05, 0) is 38.0 Å². The predicted molar refractivity (Wildman–Crippen MR) is 88.7 cm³/mol. The van der Waals surface area contributed by atoms with Crippen LogP contribution in [0.2, 0.25) is 0 Å². The molecule has 4 heteroatoms. The molecule has 0 amide bonds. The molecule has 0 heterocycles. The summed E-state index contributed by atoms with van der Waals surface area (Å²) in [6.45, 7) is 10.3. The molecule has 0 spiro atoms. The van der Waals surface area contributed by atoms with Crippen LogP contribution >= 0.6 is 0 Å². The summed E-state index contributed by atoms with van der Waals surface area (Å²) in [5.41, 5.74) is 2.58. The van der Waals surface area contributed by atoms with Crippen molar-refractivity contribution in [2.24, 2.45) is 4.99 Å². The molecular weight excluding hydrogens is 248 g/mol. The van der Waals surface area contributed by atoms with Crippen LogP contribution in [-0.2, 0) is 0 Å². The van der Waals surface area contributed by atoms with Gasteiger partial charge in [0.25, 0.3) is 0 Å². The zero-order valence-electron chi connectivity index (χ0n) is 13.2. The molecule has 0 fully saturated rings. The van der Waals surface area contributed by atoms with Gasteiger partial charge in [0.15, 0.2) is 5.96 Å². The number of guanidine groups is 1. The third-order valence-corrected chi connectivity index (χ3v) is 3.19. The van der Waals surface area contributed by atoms with Gasteiger partial charge in [0.1, 0.15) is 0 Å². The lowest BCUT2D eigenvalue weighted by Crippen LogP contribution is -2.41. The summed E-state index contributed by atoms with van der Waals surface area (Å²) in [5.74, 6) is 0.882. The fraction of sp³-hybridized carbons (Fsp3) is 0.562. The van der Waals surface area contributed by atoms with Gasteiger partial charge in [0.2, 0.25) is 0 Å². The van der Waals surface area contributed by atoms with E-state index in [1.54, 1.807) is 0 Å². The summed E-state index contributed by atoms with van der Waals surface area (Å²) in [4.78, 5) is 6.58. The second kappa shape index (κ2) is 9.23. The monoisotopic (exact) mass is 276 g/mol. The minimum absolute atomic E-state index is 0.880. The van der Waals surface area contributed by atoms with Gasteiger partial charge in [0, 0.05) is 38.9 Å². The van der Waals surface area contributed by atoms with Crippen molar-refractivity contribution in [3.05, 3.63) is 29.8 Å². The highest BCUT2D eigenvalue weighted by molar-refractivity contribution is 5.79. The molecule has 0 saturated carbocycles. The van der Waals surface area contributed by atoms with Crippen molar-refractivity contribution in [1.82, 2.24) is 10.6 Å². The number of likely N-dealkylation sites (N-methyl/N-ethyl adjacent to an activating group) is 1. The third kappa shape index (κ3) is 5.51. The van der Waals surface area contributed by atoms with E-state index in [1.165, 1.54) is 11.3 Å². The molecule has 20 heavy (non-hydrogen) atoms. The molecule has 1 rings (SSSR count). The number of hydrogen-bond acceptors (Lipinski definition) is 2. The average molecular weight is 276 g/mol. The SMILES string of the molecule is CCCNC(=NC)NCCN(CC)c1cccc(C)c1. The molecule has 0 radical (unpaired) electrons. The molecule has 0 saturated heterocycles. The number of nitrogens with zero attached hydrogens (tertiary/aromatic N) is 2. The molecule has 1 aromatic rings. The van der Waals surface area contributed by atoms with Crippen molar-refractivity contribution in [1.29, 1.82) is 0 Å². The smallest absolute Gasteiger partial charge is 0.191 e. The molecule has 0 atom stereocenters. The number of benzene rings is 1. The first-order chi connectivity index (χ1) is 9.71. The Morgan fingerprint density at radius 1 is 1.20 bits per heavy atom. The van der Waals surface area contributed by atoms with Crippen LogP contribution in [0.15, 0.2) is 29.3 Å². The maximum absolute atomic E-state index is 4.21. The van der Waals surface area contributed by atoms with Gasteiger partial charge in [0.05, 0.1) is 0 Å².